The lowest BCUT2D eigenvalue weighted by Crippen LogP contribution is -2.67. The van der Waals surface area contributed by atoms with Crippen molar-refractivity contribution in [2.24, 2.45) is 11.8 Å². The van der Waals surface area contributed by atoms with E-state index in [-0.39, 0.29) is 17.5 Å². The SMILES string of the molecule is CN(C)[C@H]1C(=O)C(C(=O)NCN[C@H]2[C@H](O)[C@@H](O)[C@H](CO)O[C@H]2O)=C(O)[C@]2(O)C(=O)C3=C(O)c4c(O)cccc4[C@](C)(O)[C@H]3C[C@H]12. The first-order valence-electron chi connectivity index (χ1n) is 14.2. The molecule has 2 fully saturated rings. The van der Waals surface area contributed by atoms with Gasteiger partial charge in [-0.15, -0.1) is 0 Å². The van der Waals surface area contributed by atoms with Crippen molar-refractivity contribution in [1.29, 1.82) is 0 Å². The number of Topliss-reactive ketones (excluding diaryl/α,β-unsaturated/α-hetero) is 2. The molecule has 1 aromatic rings. The number of amides is 1. The molecule has 1 aliphatic heterocycles. The zero-order valence-corrected chi connectivity index (χ0v) is 24.6. The Morgan fingerprint density at radius 3 is 2.38 bits per heavy atom. The highest BCUT2D eigenvalue weighted by Gasteiger charge is 2.66. The Kier molecular flexibility index (Phi) is 8.35. The summed E-state index contributed by atoms with van der Waals surface area (Å²) in [5, 5.41) is 101. The Morgan fingerprint density at radius 2 is 1.76 bits per heavy atom. The number of hydrogen-bond acceptors (Lipinski definition) is 15. The summed E-state index contributed by atoms with van der Waals surface area (Å²) in [6, 6.07) is 1.41. The molecule has 0 radical (unpaired) electrons. The number of nitrogens with zero attached hydrogens (tertiary/aromatic N) is 1. The number of carbonyl (C=O) groups is 3. The minimum absolute atomic E-state index is 0.112. The first-order chi connectivity index (χ1) is 21.0. The highest BCUT2D eigenvalue weighted by molar-refractivity contribution is 6.25. The van der Waals surface area contributed by atoms with Gasteiger partial charge in [-0.1, -0.05) is 12.1 Å². The number of fused-ring (bicyclic) bond motifs is 3. The molecule has 10 atom stereocenters. The maximum atomic E-state index is 14.1. The number of rotatable bonds is 6. The van der Waals surface area contributed by atoms with Crippen LogP contribution in [0.15, 0.2) is 35.1 Å². The number of benzene rings is 1. The van der Waals surface area contributed by atoms with Crippen LogP contribution in [0.3, 0.4) is 0 Å². The molecule has 16 nitrogen and oxygen atoms in total. The first kappa shape index (κ1) is 32.9. The second-order valence-electron chi connectivity index (χ2n) is 12.2. The molecular weight excluding hydrogens is 598 g/mol. The number of aromatic hydroxyl groups is 1. The normalized spacial score (nSPS) is 38.2. The summed E-state index contributed by atoms with van der Waals surface area (Å²) >= 11 is 0. The molecule has 3 aliphatic carbocycles. The van der Waals surface area contributed by atoms with Crippen molar-refractivity contribution in [2.75, 3.05) is 27.4 Å². The fraction of sp³-hybridized carbons (Fsp3) is 0.552. The van der Waals surface area contributed by atoms with E-state index in [4.69, 9.17) is 4.74 Å². The summed E-state index contributed by atoms with van der Waals surface area (Å²) in [4.78, 5) is 42.6. The summed E-state index contributed by atoms with van der Waals surface area (Å²) < 4.78 is 5.04. The van der Waals surface area contributed by atoms with Crippen LogP contribution in [0.25, 0.3) is 5.76 Å². The molecule has 4 aliphatic rings. The second kappa shape index (κ2) is 11.4. The number of phenols is 1. The highest BCUT2D eigenvalue weighted by atomic mass is 16.6. The van der Waals surface area contributed by atoms with Crippen molar-refractivity contribution in [3.8, 4) is 5.75 Å². The van der Waals surface area contributed by atoms with Crippen molar-refractivity contribution in [3.05, 3.63) is 46.2 Å². The number of aliphatic hydroxyl groups is 8. The Morgan fingerprint density at radius 1 is 1.09 bits per heavy atom. The van der Waals surface area contributed by atoms with Gasteiger partial charge in [0.1, 0.15) is 41.2 Å². The van der Waals surface area contributed by atoms with Crippen LogP contribution in [0.1, 0.15) is 24.5 Å². The molecule has 1 aromatic carbocycles. The number of ether oxygens (including phenoxy) is 1. The summed E-state index contributed by atoms with van der Waals surface area (Å²) in [5.41, 5.74) is -6.35. The molecule has 0 unspecified atom stereocenters. The Bertz CT molecular complexity index is 1490. The molecular formula is C29H37N3O13. The Balaban J connectivity index is 1.50. The number of ketones is 2. The first-order valence-corrected chi connectivity index (χ1v) is 14.2. The van der Waals surface area contributed by atoms with Crippen molar-refractivity contribution in [3.63, 3.8) is 0 Å². The minimum Gasteiger partial charge on any atom is -0.508 e. The fourth-order valence-corrected chi connectivity index (χ4v) is 7.14. The molecule has 246 valence electrons. The van der Waals surface area contributed by atoms with Crippen molar-refractivity contribution in [1.82, 2.24) is 15.5 Å². The number of hydrogen-bond donors (Lipinski definition) is 11. The van der Waals surface area contributed by atoms with E-state index in [9.17, 15) is 60.3 Å². The van der Waals surface area contributed by atoms with Gasteiger partial charge < -0.3 is 56.0 Å². The summed E-state index contributed by atoms with van der Waals surface area (Å²) in [5.74, 6) is -8.49. The van der Waals surface area contributed by atoms with E-state index in [1.165, 1.54) is 44.1 Å². The lowest BCUT2D eigenvalue weighted by atomic mass is 9.54. The largest absolute Gasteiger partial charge is 0.508 e. The lowest BCUT2D eigenvalue weighted by Gasteiger charge is -2.53. The van der Waals surface area contributed by atoms with E-state index < -0.39 is 119 Å². The van der Waals surface area contributed by atoms with E-state index in [0.29, 0.717) is 0 Å². The van der Waals surface area contributed by atoms with Gasteiger partial charge in [0.05, 0.1) is 36.5 Å². The molecule has 0 aromatic heterocycles. The van der Waals surface area contributed by atoms with Crippen LogP contribution < -0.4 is 10.6 Å². The van der Waals surface area contributed by atoms with Crippen molar-refractivity contribution in [2.45, 2.75) is 61.2 Å². The van der Waals surface area contributed by atoms with Gasteiger partial charge in [0, 0.05) is 17.4 Å². The second-order valence-corrected chi connectivity index (χ2v) is 12.2. The third kappa shape index (κ3) is 4.76. The Hall–Kier alpha value is -3.45. The number of phenolic OH excluding ortho intramolecular Hbond substituents is 1. The van der Waals surface area contributed by atoms with Crippen molar-refractivity contribution < 1.29 is 65.1 Å². The minimum atomic E-state index is -2.91. The fourth-order valence-electron chi connectivity index (χ4n) is 7.14. The molecule has 0 spiro atoms. The predicted molar refractivity (Wildman–Crippen MR) is 151 cm³/mol. The average Bonchev–Trinajstić information content (AvgIpc) is 2.97. The summed E-state index contributed by atoms with van der Waals surface area (Å²) in [6.07, 6.45) is -6.52. The van der Waals surface area contributed by atoms with Gasteiger partial charge in [-0.25, -0.2) is 0 Å². The van der Waals surface area contributed by atoms with Gasteiger partial charge in [-0.3, -0.25) is 24.6 Å². The molecule has 1 heterocycles. The molecule has 1 amide bonds. The molecule has 16 heteroatoms. The van der Waals surface area contributed by atoms with Crippen LogP contribution in [0.2, 0.25) is 0 Å². The predicted octanol–water partition coefficient (Wildman–Crippen LogP) is -3.39. The van der Waals surface area contributed by atoms with Crippen LogP contribution in [0, 0.1) is 11.8 Å². The molecule has 11 N–H and O–H groups in total. The van der Waals surface area contributed by atoms with E-state index >= 15 is 0 Å². The summed E-state index contributed by atoms with van der Waals surface area (Å²) in [7, 11) is 2.91. The number of carbonyl (C=O) groups excluding carboxylic acids is 3. The monoisotopic (exact) mass is 635 g/mol. The zero-order valence-electron chi connectivity index (χ0n) is 24.6. The van der Waals surface area contributed by atoms with Gasteiger partial charge in [0.15, 0.2) is 17.7 Å². The smallest absolute Gasteiger partial charge is 0.259 e. The van der Waals surface area contributed by atoms with Crippen LogP contribution in [-0.4, -0.2) is 138 Å². The van der Waals surface area contributed by atoms with Crippen LogP contribution in [0.5, 0.6) is 5.75 Å². The van der Waals surface area contributed by atoms with Crippen LogP contribution in [0.4, 0.5) is 0 Å². The number of likely N-dealkylation sites (N-methyl/N-ethyl adjacent to an activating group) is 1. The maximum absolute atomic E-state index is 14.1. The molecule has 1 saturated carbocycles. The average molecular weight is 636 g/mol. The molecule has 5 rings (SSSR count). The summed E-state index contributed by atoms with van der Waals surface area (Å²) in [6.45, 7) is 0.104. The molecule has 1 saturated heterocycles. The lowest BCUT2D eigenvalue weighted by molar-refractivity contribution is -0.254. The maximum Gasteiger partial charge on any atom is 0.259 e. The quantitative estimate of drug-likeness (QED) is 0.107. The number of aliphatic hydroxyl groups excluding tert-OH is 6. The third-order valence-corrected chi connectivity index (χ3v) is 9.49. The standard InChI is InChI=1S/C29H37N3O13/c1-28(43)10-5-4-6-13(34)15(10)21(36)16-11(28)7-12-19(32(2)3)22(37)17(25(40)29(12,44)24(16)39)26(41)31-9-30-18-23(38)20(35)14(8-33)45-27(18)42/h4-6,11-12,14,18-20,23,27,30,33-36,38,40,42-44H,7-9H2,1-3H3,(H,31,41)/t11-,12+,14-,18-,19+,20-,23-,27+,28-,29+/m0/s1. The van der Waals surface area contributed by atoms with E-state index in [2.05, 4.69) is 10.6 Å². The van der Waals surface area contributed by atoms with Crippen LogP contribution >= 0.6 is 0 Å². The molecule has 45 heavy (non-hydrogen) atoms. The van der Waals surface area contributed by atoms with Gasteiger partial charge in [0.25, 0.3) is 5.91 Å². The Labute approximate surface area is 256 Å². The van der Waals surface area contributed by atoms with Crippen LogP contribution in [-0.2, 0) is 24.7 Å². The molecule has 0 bridgehead atoms. The third-order valence-electron chi connectivity index (χ3n) is 9.49. The highest BCUT2D eigenvalue weighted by Crippen LogP contribution is 2.57. The number of nitrogens with one attached hydrogen (secondary N) is 2. The van der Waals surface area contributed by atoms with Gasteiger partial charge in [0.2, 0.25) is 5.78 Å². The van der Waals surface area contributed by atoms with Gasteiger partial charge >= 0.3 is 0 Å². The van der Waals surface area contributed by atoms with E-state index in [1.807, 2.05) is 0 Å². The van der Waals surface area contributed by atoms with Crippen molar-refractivity contribution >= 4 is 23.2 Å². The zero-order chi connectivity index (χ0) is 33.3. The van der Waals surface area contributed by atoms with Gasteiger partial charge in [-0.05, 0) is 39.1 Å². The van der Waals surface area contributed by atoms with Gasteiger partial charge in [-0.2, -0.15) is 0 Å². The van der Waals surface area contributed by atoms with E-state index in [0.717, 1.165) is 0 Å². The topological polar surface area (TPSA) is 270 Å². The van der Waals surface area contributed by atoms with E-state index in [1.54, 1.807) is 0 Å².